The average Bonchev–Trinajstić information content (AvgIpc) is 2.03. The summed E-state index contributed by atoms with van der Waals surface area (Å²) in [5.74, 6) is 3.77. The molecular formula is C2H2N8O2. The minimum Gasteiger partial charge on any atom is -0.321 e. The fourth-order valence-electron chi connectivity index (χ4n) is 0.317. The second kappa shape index (κ2) is 4.31. The van der Waals surface area contributed by atoms with Gasteiger partial charge >= 0.3 is 0 Å². The lowest BCUT2D eigenvalue weighted by Gasteiger charge is -1.99. The molecular weight excluding hydrogens is 168 g/mol. The van der Waals surface area contributed by atoms with Crippen molar-refractivity contribution in [3.8, 4) is 6.19 Å². The molecule has 0 bridgehead atoms. The summed E-state index contributed by atoms with van der Waals surface area (Å²) in [4.78, 5) is 12.2. The lowest BCUT2D eigenvalue weighted by atomic mass is 10.9. The first kappa shape index (κ1) is 9.47. The largest absolute Gasteiger partial charge is 0.321 e. The molecule has 2 N–H and O–H groups in total. The second-order valence-corrected chi connectivity index (χ2v) is 1.27. The molecule has 0 saturated heterocycles. The molecule has 0 spiro atoms. The quantitative estimate of drug-likeness (QED) is 0.0535. The number of hydrogen-bond acceptors (Lipinski definition) is 5. The molecule has 0 aliphatic heterocycles. The number of nitro groups is 1. The predicted molar refractivity (Wildman–Crippen MR) is 35.2 cm³/mol. The highest BCUT2D eigenvalue weighted by Gasteiger charge is 2.20. The molecule has 0 aliphatic rings. The van der Waals surface area contributed by atoms with Gasteiger partial charge in [0.1, 0.15) is 0 Å². The minimum atomic E-state index is -1.12. The summed E-state index contributed by atoms with van der Waals surface area (Å²) in [5.41, 5.74) is 7.86. The molecule has 0 amide bonds. The van der Waals surface area contributed by atoms with E-state index in [4.69, 9.17) is 10.8 Å². The van der Waals surface area contributed by atoms with Crippen LogP contribution < -0.4 is 5.84 Å². The van der Waals surface area contributed by atoms with Gasteiger partial charge in [-0.25, -0.2) is 10.1 Å². The zero-order chi connectivity index (χ0) is 9.56. The maximum absolute atomic E-state index is 9.99. The first-order valence-electron chi connectivity index (χ1n) is 2.34. The normalized spacial score (nSPS) is 9.42. The van der Waals surface area contributed by atoms with Crippen LogP contribution >= 0.6 is 0 Å². The van der Waals surface area contributed by atoms with Crippen LogP contribution in [0.2, 0.25) is 0 Å². The Morgan fingerprint density at radius 3 is 2.75 bits per heavy atom. The minimum absolute atomic E-state index is 0.167. The number of hydrogen-bond donors (Lipinski definition) is 1. The number of azide groups is 1. The molecule has 0 aliphatic carbocycles. The first-order valence-corrected chi connectivity index (χ1v) is 2.34. The van der Waals surface area contributed by atoms with Gasteiger partial charge in [-0.15, -0.1) is 0 Å². The smallest absolute Gasteiger partial charge is 0.294 e. The van der Waals surface area contributed by atoms with E-state index in [0.717, 1.165) is 6.19 Å². The van der Waals surface area contributed by atoms with Crippen molar-refractivity contribution in [1.29, 1.82) is 5.26 Å². The molecule has 10 heteroatoms. The van der Waals surface area contributed by atoms with Gasteiger partial charge in [0, 0.05) is 9.92 Å². The maximum Gasteiger partial charge on any atom is 0.294 e. The summed E-state index contributed by atoms with van der Waals surface area (Å²) in [5, 5.41) is 22.3. The molecule has 0 heterocycles. The van der Waals surface area contributed by atoms with Gasteiger partial charge < -0.3 is 5.84 Å². The summed E-state index contributed by atoms with van der Waals surface area (Å²) in [6.07, 6.45) is 1.10. The Balaban J connectivity index is 4.85. The summed E-state index contributed by atoms with van der Waals surface area (Å²) in [7, 11) is 0. The van der Waals surface area contributed by atoms with E-state index >= 15 is 0 Å². The van der Waals surface area contributed by atoms with Crippen LogP contribution in [-0.2, 0) is 0 Å². The van der Waals surface area contributed by atoms with Crippen LogP contribution in [0, 0.1) is 21.6 Å². The van der Waals surface area contributed by atoms with Gasteiger partial charge in [-0.3, -0.25) is 0 Å². The fourth-order valence-corrected chi connectivity index (χ4v) is 0.317. The Morgan fingerprint density at radius 1 is 1.92 bits per heavy atom. The highest BCUT2D eigenvalue weighted by Crippen LogP contribution is 1.91. The maximum atomic E-state index is 9.99. The van der Waals surface area contributed by atoms with Gasteiger partial charge in [-0.05, 0) is 10.6 Å². The van der Waals surface area contributed by atoms with Crippen molar-refractivity contribution in [2.24, 2.45) is 16.1 Å². The van der Waals surface area contributed by atoms with Crippen LogP contribution in [0.3, 0.4) is 0 Å². The third-order valence-corrected chi connectivity index (χ3v) is 0.697. The molecule has 0 atom stereocenters. The lowest BCUT2D eigenvalue weighted by molar-refractivity contribution is -0.610. The van der Waals surface area contributed by atoms with Crippen molar-refractivity contribution in [2.75, 3.05) is 0 Å². The number of nitriles is 1. The lowest BCUT2D eigenvalue weighted by Crippen LogP contribution is -2.30. The molecule has 10 nitrogen and oxygen atoms in total. The topological polar surface area (TPSA) is 157 Å². The Hall–Kier alpha value is -2.53. The zero-order valence-electron chi connectivity index (χ0n) is 5.52. The molecule has 0 radical (unpaired) electrons. The monoisotopic (exact) mass is 170 g/mol. The van der Waals surface area contributed by atoms with E-state index in [1.54, 1.807) is 0 Å². The number of hydrazone groups is 1. The molecule has 0 rings (SSSR count). The van der Waals surface area contributed by atoms with Crippen molar-refractivity contribution in [3.05, 3.63) is 20.6 Å². The average molecular weight is 170 g/mol. The number of guanidine groups is 1. The highest BCUT2D eigenvalue weighted by atomic mass is 16.7. The van der Waals surface area contributed by atoms with Crippen molar-refractivity contribution >= 4 is 5.96 Å². The molecule has 0 fully saturated rings. The van der Waals surface area contributed by atoms with E-state index in [1.165, 1.54) is 0 Å². The molecule has 0 aromatic carbocycles. The Kier molecular flexibility index (Phi) is 3.40. The summed E-state index contributed by atoms with van der Waals surface area (Å²) in [6, 6.07) is 0. The SMILES string of the molecule is N#CN(C(N=[N+]=[N-])=NN)[N+](=O)[O-]. The van der Waals surface area contributed by atoms with Gasteiger partial charge in [-0.1, -0.05) is 0 Å². The third-order valence-electron chi connectivity index (χ3n) is 0.697. The summed E-state index contributed by atoms with van der Waals surface area (Å²) >= 11 is 0. The molecule has 0 aromatic rings. The number of nitrogens with zero attached hydrogens (tertiary/aromatic N) is 7. The van der Waals surface area contributed by atoms with Crippen LogP contribution in [0.15, 0.2) is 10.2 Å². The standard InChI is InChI=1S/C2H2N8O2/c3-1-9(10(11)12)2(6-4)7-8-5/h4H2. The summed E-state index contributed by atoms with van der Waals surface area (Å²) < 4.78 is 0. The van der Waals surface area contributed by atoms with Gasteiger partial charge in [0.05, 0.1) is 0 Å². The van der Waals surface area contributed by atoms with E-state index < -0.39 is 11.0 Å². The van der Waals surface area contributed by atoms with E-state index in [2.05, 4.69) is 21.0 Å². The van der Waals surface area contributed by atoms with Crippen LogP contribution in [-0.4, -0.2) is 16.0 Å². The van der Waals surface area contributed by atoms with Crippen LogP contribution in [0.1, 0.15) is 0 Å². The predicted octanol–water partition coefficient (Wildman–Crippen LogP) is -0.499. The first-order chi connectivity index (χ1) is 5.67. The zero-order valence-corrected chi connectivity index (χ0v) is 5.52. The van der Waals surface area contributed by atoms with Crippen molar-refractivity contribution in [1.82, 2.24) is 5.01 Å². The second-order valence-electron chi connectivity index (χ2n) is 1.27. The van der Waals surface area contributed by atoms with E-state index in [-0.39, 0.29) is 5.01 Å². The fraction of sp³-hybridized carbons (Fsp3) is 0. The Labute approximate surface area is 65.2 Å². The Bertz CT molecular complexity index is 293. The van der Waals surface area contributed by atoms with Crippen molar-refractivity contribution < 1.29 is 5.03 Å². The van der Waals surface area contributed by atoms with Crippen LogP contribution in [0.25, 0.3) is 10.4 Å². The molecule has 0 unspecified atom stereocenters. The van der Waals surface area contributed by atoms with E-state index in [1.807, 2.05) is 0 Å². The van der Waals surface area contributed by atoms with Gasteiger partial charge in [0.25, 0.3) is 12.2 Å². The highest BCUT2D eigenvalue weighted by molar-refractivity contribution is 5.80. The van der Waals surface area contributed by atoms with Gasteiger partial charge in [-0.2, -0.15) is 10.4 Å². The summed E-state index contributed by atoms with van der Waals surface area (Å²) in [6.45, 7) is 0. The van der Waals surface area contributed by atoms with Crippen molar-refractivity contribution in [2.45, 2.75) is 0 Å². The van der Waals surface area contributed by atoms with Gasteiger partial charge in [0.15, 0.2) is 5.03 Å². The van der Waals surface area contributed by atoms with Crippen LogP contribution in [0.5, 0.6) is 0 Å². The number of nitrogens with two attached hydrogens (primary N) is 1. The number of hydrazine groups is 1. The molecule has 0 aromatic heterocycles. The molecule has 62 valence electrons. The number of rotatable bonds is 1. The third kappa shape index (κ3) is 2.01. The van der Waals surface area contributed by atoms with Gasteiger partial charge in [0.2, 0.25) is 0 Å². The molecule has 0 saturated carbocycles. The van der Waals surface area contributed by atoms with E-state index in [0.29, 0.717) is 0 Å². The Morgan fingerprint density at radius 2 is 2.50 bits per heavy atom. The van der Waals surface area contributed by atoms with E-state index in [9.17, 15) is 10.1 Å². The van der Waals surface area contributed by atoms with Crippen molar-refractivity contribution in [3.63, 3.8) is 0 Å². The molecule has 12 heavy (non-hydrogen) atoms. The van der Waals surface area contributed by atoms with Crippen LogP contribution in [0.4, 0.5) is 0 Å².